The second kappa shape index (κ2) is 11.2. The van der Waals surface area contributed by atoms with Crippen molar-refractivity contribution in [3.05, 3.63) is 40.4 Å². The van der Waals surface area contributed by atoms with E-state index >= 15 is 0 Å². The highest BCUT2D eigenvalue weighted by molar-refractivity contribution is 8.01. The molecule has 0 atom stereocenters. The molecular formula is C18H21ClN2O4S2. The third-order valence-corrected chi connectivity index (χ3v) is 5.72. The van der Waals surface area contributed by atoms with Crippen LogP contribution in [-0.4, -0.2) is 54.3 Å². The zero-order chi connectivity index (χ0) is 19.6. The number of halogens is 1. The molecule has 0 N–H and O–H groups in total. The fourth-order valence-electron chi connectivity index (χ4n) is 1.99. The minimum absolute atomic E-state index is 0.0122. The van der Waals surface area contributed by atoms with Crippen LogP contribution in [0.1, 0.15) is 12.6 Å². The van der Waals surface area contributed by atoms with Crippen LogP contribution in [0.4, 0.5) is 0 Å². The monoisotopic (exact) mass is 428 g/mol. The molecule has 0 spiro atoms. The molecule has 1 amide bonds. The zero-order valence-corrected chi connectivity index (χ0v) is 17.5. The van der Waals surface area contributed by atoms with Crippen molar-refractivity contribution in [1.82, 2.24) is 9.88 Å². The summed E-state index contributed by atoms with van der Waals surface area (Å²) in [5, 5.41) is 2.46. The molecule has 0 saturated heterocycles. The molecule has 0 aliphatic heterocycles. The van der Waals surface area contributed by atoms with Crippen molar-refractivity contribution in [2.24, 2.45) is 0 Å². The lowest BCUT2D eigenvalue weighted by Crippen LogP contribution is -2.32. The van der Waals surface area contributed by atoms with Crippen LogP contribution in [0.25, 0.3) is 0 Å². The predicted octanol–water partition coefficient (Wildman–Crippen LogP) is 3.53. The summed E-state index contributed by atoms with van der Waals surface area (Å²) in [4.78, 5) is 29.6. The van der Waals surface area contributed by atoms with Crippen molar-refractivity contribution < 1.29 is 19.1 Å². The quantitative estimate of drug-likeness (QED) is 0.426. The third kappa shape index (κ3) is 7.78. The van der Waals surface area contributed by atoms with Crippen molar-refractivity contribution in [1.29, 1.82) is 0 Å². The third-order valence-electron chi connectivity index (χ3n) is 3.42. The van der Waals surface area contributed by atoms with Gasteiger partial charge < -0.3 is 14.4 Å². The first-order valence-electron chi connectivity index (χ1n) is 8.33. The molecule has 2 rings (SSSR count). The van der Waals surface area contributed by atoms with Crippen LogP contribution >= 0.6 is 34.7 Å². The highest BCUT2D eigenvalue weighted by Gasteiger charge is 2.13. The number of carbonyl (C=O) groups is 2. The Bertz CT molecular complexity index is 752. The standard InChI is InChI=1S/C18H21ClN2O4S2/c1-3-24-17(23)10-14-11-26-18(20-14)27-12-16(22)21(2)8-9-25-15-6-4-13(19)5-7-15/h4-7,11H,3,8-10,12H2,1-2H3. The first-order chi connectivity index (χ1) is 13.0. The molecule has 0 fully saturated rings. The molecule has 2 aromatic rings. The molecule has 1 aromatic heterocycles. The normalized spacial score (nSPS) is 10.5. The number of esters is 1. The van der Waals surface area contributed by atoms with Crippen LogP contribution in [0.2, 0.25) is 5.02 Å². The second-order valence-corrected chi connectivity index (χ2v) is 8.01. The number of rotatable bonds is 10. The number of thiazole rings is 1. The van der Waals surface area contributed by atoms with E-state index in [4.69, 9.17) is 21.1 Å². The van der Waals surface area contributed by atoms with Crippen LogP contribution in [-0.2, 0) is 20.7 Å². The Hall–Kier alpha value is -1.77. The number of amides is 1. The number of benzene rings is 1. The maximum Gasteiger partial charge on any atom is 0.311 e. The van der Waals surface area contributed by atoms with E-state index in [-0.39, 0.29) is 24.1 Å². The van der Waals surface area contributed by atoms with E-state index in [1.807, 2.05) is 5.38 Å². The van der Waals surface area contributed by atoms with Gasteiger partial charge in [0.15, 0.2) is 4.34 Å². The van der Waals surface area contributed by atoms with E-state index in [9.17, 15) is 9.59 Å². The summed E-state index contributed by atoms with van der Waals surface area (Å²) in [5.74, 6) is 0.688. The fourth-order valence-corrected chi connectivity index (χ4v) is 3.90. The van der Waals surface area contributed by atoms with Gasteiger partial charge in [0.05, 0.1) is 31.0 Å². The summed E-state index contributed by atoms with van der Waals surface area (Å²) in [6, 6.07) is 7.09. The van der Waals surface area contributed by atoms with Gasteiger partial charge in [0.25, 0.3) is 0 Å². The molecule has 9 heteroatoms. The van der Waals surface area contributed by atoms with E-state index < -0.39 is 0 Å². The Morgan fingerprint density at radius 3 is 2.74 bits per heavy atom. The number of likely N-dealkylation sites (N-methyl/N-ethyl adjacent to an activating group) is 1. The van der Waals surface area contributed by atoms with Gasteiger partial charge >= 0.3 is 5.97 Å². The van der Waals surface area contributed by atoms with Crippen LogP contribution in [0, 0.1) is 0 Å². The molecule has 6 nitrogen and oxygen atoms in total. The largest absolute Gasteiger partial charge is 0.492 e. The highest BCUT2D eigenvalue weighted by Crippen LogP contribution is 2.23. The summed E-state index contributed by atoms with van der Waals surface area (Å²) in [5.41, 5.74) is 0.665. The SMILES string of the molecule is CCOC(=O)Cc1csc(SCC(=O)N(C)CCOc2ccc(Cl)cc2)n1. The number of aromatic nitrogens is 1. The Balaban J connectivity index is 1.69. The maximum absolute atomic E-state index is 12.2. The van der Waals surface area contributed by atoms with Gasteiger partial charge in [-0.3, -0.25) is 9.59 Å². The Labute approximate surface area is 171 Å². The predicted molar refractivity (Wildman–Crippen MR) is 108 cm³/mol. The molecule has 0 aliphatic rings. The van der Waals surface area contributed by atoms with Gasteiger partial charge in [-0.2, -0.15) is 0 Å². The molecule has 0 aliphatic carbocycles. The van der Waals surface area contributed by atoms with Crippen molar-refractivity contribution in [2.75, 3.05) is 32.6 Å². The lowest BCUT2D eigenvalue weighted by molar-refractivity contribution is -0.142. The Kier molecular flexibility index (Phi) is 8.90. The number of hydrogen-bond acceptors (Lipinski definition) is 7. The van der Waals surface area contributed by atoms with Gasteiger partial charge in [-0.15, -0.1) is 11.3 Å². The molecule has 0 radical (unpaired) electrons. The molecule has 0 saturated carbocycles. The minimum Gasteiger partial charge on any atom is -0.492 e. The summed E-state index contributed by atoms with van der Waals surface area (Å²) in [7, 11) is 1.74. The molecule has 27 heavy (non-hydrogen) atoms. The smallest absolute Gasteiger partial charge is 0.311 e. The summed E-state index contributed by atoms with van der Waals surface area (Å²) < 4.78 is 11.2. The number of carbonyl (C=O) groups excluding carboxylic acids is 2. The van der Waals surface area contributed by atoms with E-state index in [1.54, 1.807) is 43.1 Å². The molecule has 1 aromatic carbocycles. The van der Waals surface area contributed by atoms with Crippen molar-refractivity contribution >= 4 is 46.6 Å². The van der Waals surface area contributed by atoms with Crippen molar-refractivity contribution in [2.45, 2.75) is 17.7 Å². The molecule has 0 bridgehead atoms. The van der Waals surface area contributed by atoms with E-state index in [2.05, 4.69) is 4.98 Å². The van der Waals surface area contributed by atoms with Crippen molar-refractivity contribution in [3.8, 4) is 5.75 Å². The summed E-state index contributed by atoms with van der Waals surface area (Å²) in [6.07, 6.45) is 0.154. The molecule has 1 heterocycles. The van der Waals surface area contributed by atoms with Crippen LogP contribution in [0.3, 0.4) is 0 Å². The van der Waals surface area contributed by atoms with Gasteiger partial charge in [0.2, 0.25) is 5.91 Å². The lowest BCUT2D eigenvalue weighted by atomic mass is 10.3. The average Bonchev–Trinajstić information content (AvgIpc) is 3.08. The maximum atomic E-state index is 12.2. The van der Waals surface area contributed by atoms with Gasteiger partial charge in [-0.05, 0) is 31.2 Å². The van der Waals surface area contributed by atoms with Crippen LogP contribution < -0.4 is 4.74 Å². The zero-order valence-electron chi connectivity index (χ0n) is 15.1. The first kappa shape index (κ1) is 21.5. The average molecular weight is 429 g/mol. The van der Waals surface area contributed by atoms with Crippen molar-refractivity contribution in [3.63, 3.8) is 0 Å². The molecule has 146 valence electrons. The Morgan fingerprint density at radius 2 is 2.04 bits per heavy atom. The minimum atomic E-state index is -0.296. The van der Waals surface area contributed by atoms with Gasteiger partial charge in [0.1, 0.15) is 12.4 Å². The number of hydrogen-bond donors (Lipinski definition) is 0. The topological polar surface area (TPSA) is 68.7 Å². The first-order valence-corrected chi connectivity index (χ1v) is 10.6. The second-order valence-electron chi connectivity index (χ2n) is 5.49. The van der Waals surface area contributed by atoms with E-state index in [0.717, 1.165) is 4.34 Å². The van der Waals surface area contributed by atoms with Gasteiger partial charge in [-0.1, -0.05) is 23.4 Å². The van der Waals surface area contributed by atoms with Crippen LogP contribution in [0.5, 0.6) is 5.75 Å². The Morgan fingerprint density at radius 1 is 1.30 bits per heavy atom. The van der Waals surface area contributed by atoms with Crippen LogP contribution in [0.15, 0.2) is 34.0 Å². The summed E-state index contributed by atoms with van der Waals surface area (Å²) in [6.45, 7) is 3.00. The van der Waals surface area contributed by atoms with E-state index in [1.165, 1.54) is 23.1 Å². The summed E-state index contributed by atoms with van der Waals surface area (Å²) >= 11 is 8.60. The molecular weight excluding hydrogens is 408 g/mol. The van der Waals surface area contributed by atoms with Gasteiger partial charge in [-0.25, -0.2) is 4.98 Å². The highest BCUT2D eigenvalue weighted by atomic mass is 35.5. The number of nitrogens with zero attached hydrogens (tertiary/aromatic N) is 2. The number of ether oxygens (including phenoxy) is 2. The molecule has 0 unspecified atom stereocenters. The lowest BCUT2D eigenvalue weighted by Gasteiger charge is -2.17. The van der Waals surface area contributed by atoms with E-state index in [0.29, 0.717) is 36.2 Å². The fraction of sp³-hybridized carbons (Fsp3) is 0.389. The van der Waals surface area contributed by atoms with Gasteiger partial charge in [0, 0.05) is 17.5 Å². The number of thioether (sulfide) groups is 1.